The number of piperidine rings is 1. The summed E-state index contributed by atoms with van der Waals surface area (Å²) in [5.74, 6) is 1.09. The third-order valence-electron chi connectivity index (χ3n) is 2.93. The monoisotopic (exact) mass is 205 g/mol. The van der Waals surface area contributed by atoms with Gasteiger partial charge in [-0.2, -0.15) is 0 Å². The molecule has 0 radical (unpaired) electrons. The van der Waals surface area contributed by atoms with Crippen LogP contribution in [0.25, 0.3) is 0 Å². The van der Waals surface area contributed by atoms with Crippen molar-refractivity contribution in [3.8, 4) is 0 Å². The highest BCUT2D eigenvalue weighted by Crippen LogP contribution is 2.28. The van der Waals surface area contributed by atoms with Crippen molar-refractivity contribution in [2.45, 2.75) is 25.3 Å². The zero-order valence-electron chi connectivity index (χ0n) is 9.53. The highest BCUT2D eigenvalue weighted by atomic mass is 15.1. The van der Waals surface area contributed by atoms with Gasteiger partial charge in [-0.25, -0.2) is 4.98 Å². The molecule has 0 unspecified atom stereocenters. The molecule has 1 aliphatic rings. The quantitative estimate of drug-likeness (QED) is 0.800. The van der Waals surface area contributed by atoms with Crippen LogP contribution in [0.1, 0.15) is 30.9 Å². The smallest absolute Gasteiger partial charge is 0.132 e. The first kappa shape index (κ1) is 10.4. The number of anilines is 1. The number of hydrogen-bond acceptors (Lipinski definition) is 3. The molecule has 0 aliphatic carbocycles. The first-order valence-corrected chi connectivity index (χ1v) is 5.64. The van der Waals surface area contributed by atoms with Crippen molar-refractivity contribution < 1.29 is 0 Å². The maximum Gasteiger partial charge on any atom is 0.132 e. The van der Waals surface area contributed by atoms with E-state index in [2.05, 4.69) is 35.4 Å². The van der Waals surface area contributed by atoms with E-state index in [1.165, 1.54) is 24.8 Å². The average Bonchev–Trinajstić information content (AvgIpc) is 2.30. The van der Waals surface area contributed by atoms with Gasteiger partial charge in [0.25, 0.3) is 0 Å². The standard InChI is InChI=1S/C12H19N3/c1-15(2)12-10(6-5-9-14-12)11-7-3-4-8-13-11/h5-6,9,11,13H,3-4,7-8H2,1-2H3/t11-/m1/s1. The Morgan fingerprint density at radius 2 is 2.27 bits per heavy atom. The minimum atomic E-state index is 0.491. The highest BCUT2D eigenvalue weighted by molar-refractivity contribution is 5.47. The molecule has 15 heavy (non-hydrogen) atoms. The first-order chi connectivity index (χ1) is 7.29. The fraction of sp³-hybridized carbons (Fsp3) is 0.583. The van der Waals surface area contributed by atoms with Gasteiger partial charge in [-0.05, 0) is 25.5 Å². The summed E-state index contributed by atoms with van der Waals surface area (Å²) in [6.07, 6.45) is 5.71. The fourth-order valence-corrected chi connectivity index (χ4v) is 2.17. The Kier molecular flexibility index (Phi) is 3.21. The Hall–Kier alpha value is -1.09. The van der Waals surface area contributed by atoms with E-state index in [-0.39, 0.29) is 0 Å². The Morgan fingerprint density at radius 3 is 2.93 bits per heavy atom. The van der Waals surface area contributed by atoms with Crippen molar-refractivity contribution in [2.24, 2.45) is 0 Å². The Labute approximate surface area is 91.5 Å². The molecule has 1 fully saturated rings. The predicted octanol–water partition coefficient (Wildman–Crippen LogP) is 1.96. The molecule has 2 rings (SSSR count). The molecule has 1 aliphatic heterocycles. The second-order valence-corrected chi connectivity index (χ2v) is 4.31. The van der Waals surface area contributed by atoms with Gasteiger partial charge in [-0.3, -0.25) is 0 Å². The third kappa shape index (κ3) is 2.29. The normalized spacial score (nSPS) is 21.3. The molecular formula is C12H19N3. The molecule has 0 bridgehead atoms. The van der Waals surface area contributed by atoms with E-state index in [1.807, 2.05) is 12.3 Å². The summed E-state index contributed by atoms with van der Waals surface area (Å²) >= 11 is 0. The summed E-state index contributed by atoms with van der Waals surface area (Å²) in [6.45, 7) is 1.13. The summed E-state index contributed by atoms with van der Waals surface area (Å²) < 4.78 is 0. The first-order valence-electron chi connectivity index (χ1n) is 5.64. The number of hydrogen-bond donors (Lipinski definition) is 1. The molecule has 82 valence electrons. The number of aromatic nitrogens is 1. The summed E-state index contributed by atoms with van der Waals surface area (Å²) in [5.41, 5.74) is 1.34. The van der Waals surface area contributed by atoms with Crippen LogP contribution in [0, 0.1) is 0 Å². The zero-order valence-corrected chi connectivity index (χ0v) is 9.53. The van der Waals surface area contributed by atoms with E-state index in [9.17, 15) is 0 Å². The van der Waals surface area contributed by atoms with Crippen LogP contribution in [-0.2, 0) is 0 Å². The highest BCUT2D eigenvalue weighted by Gasteiger charge is 2.18. The topological polar surface area (TPSA) is 28.2 Å². The Balaban J connectivity index is 2.25. The van der Waals surface area contributed by atoms with E-state index in [0.29, 0.717) is 6.04 Å². The van der Waals surface area contributed by atoms with Crippen LogP contribution < -0.4 is 10.2 Å². The van der Waals surface area contributed by atoms with E-state index in [1.54, 1.807) is 0 Å². The van der Waals surface area contributed by atoms with Crippen LogP contribution in [0.15, 0.2) is 18.3 Å². The Morgan fingerprint density at radius 1 is 1.40 bits per heavy atom. The number of nitrogens with zero attached hydrogens (tertiary/aromatic N) is 2. The molecule has 1 atom stereocenters. The lowest BCUT2D eigenvalue weighted by molar-refractivity contribution is 0.412. The van der Waals surface area contributed by atoms with Crippen molar-refractivity contribution >= 4 is 5.82 Å². The minimum absolute atomic E-state index is 0.491. The summed E-state index contributed by atoms with van der Waals surface area (Å²) in [5, 5.41) is 3.56. The van der Waals surface area contributed by atoms with Gasteiger partial charge < -0.3 is 10.2 Å². The van der Waals surface area contributed by atoms with Gasteiger partial charge in [0.2, 0.25) is 0 Å². The van der Waals surface area contributed by atoms with Crippen LogP contribution in [0.5, 0.6) is 0 Å². The van der Waals surface area contributed by atoms with Gasteiger partial charge in [0.1, 0.15) is 5.82 Å². The molecule has 0 amide bonds. The van der Waals surface area contributed by atoms with Gasteiger partial charge in [0.05, 0.1) is 0 Å². The number of pyridine rings is 1. The van der Waals surface area contributed by atoms with Crippen molar-refractivity contribution in [2.75, 3.05) is 25.5 Å². The zero-order chi connectivity index (χ0) is 10.7. The van der Waals surface area contributed by atoms with E-state index in [0.717, 1.165) is 12.4 Å². The van der Waals surface area contributed by atoms with Crippen molar-refractivity contribution in [3.63, 3.8) is 0 Å². The maximum atomic E-state index is 4.44. The third-order valence-corrected chi connectivity index (χ3v) is 2.93. The largest absolute Gasteiger partial charge is 0.362 e. The van der Waals surface area contributed by atoms with Gasteiger partial charge in [0, 0.05) is 31.9 Å². The molecular weight excluding hydrogens is 186 g/mol. The molecule has 0 saturated carbocycles. The number of nitrogens with one attached hydrogen (secondary N) is 1. The summed E-state index contributed by atoms with van der Waals surface area (Å²) in [7, 11) is 4.10. The van der Waals surface area contributed by atoms with Crippen molar-refractivity contribution in [1.29, 1.82) is 0 Å². The van der Waals surface area contributed by atoms with Crippen LogP contribution >= 0.6 is 0 Å². The molecule has 2 heterocycles. The van der Waals surface area contributed by atoms with E-state index >= 15 is 0 Å². The fourth-order valence-electron chi connectivity index (χ4n) is 2.17. The molecule has 0 spiro atoms. The second kappa shape index (κ2) is 4.62. The molecule has 1 saturated heterocycles. The number of rotatable bonds is 2. The molecule has 3 heteroatoms. The molecule has 3 nitrogen and oxygen atoms in total. The molecule has 1 N–H and O–H groups in total. The molecule has 1 aromatic rings. The van der Waals surface area contributed by atoms with Crippen molar-refractivity contribution in [1.82, 2.24) is 10.3 Å². The van der Waals surface area contributed by atoms with E-state index in [4.69, 9.17) is 0 Å². The van der Waals surface area contributed by atoms with Gasteiger partial charge in [-0.15, -0.1) is 0 Å². The van der Waals surface area contributed by atoms with Crippen LogP contribution in [0.2, 0.25) is 0 Å². The van der Waals surface area contributed by atoms with Crippen LogP contribution in [0.4, 0.5) is 5.82 Å². The molecule has 0 aromatic carbocycles. The summed E-state index contributed by atoms with van der Waals surface area (Å²) in [6, 6.07) is 4.70. The lowest BCUT2D eigenvalue weighted by Gasteiger charge is -2.27. The Bertz CT molecular complexity index is 316. The maximum absolute atomic E-state index is 4.44. The SMILES string of the molecule is CN(C)c1ncccc1[C@H]1CCCCN1. The van der Waals surface area contributed by atoms with Crippen LogP contribution in [0.3, 0.4) is 0 Å². The van der Waals surface area contributed by atoms with Crippen molar-refractivity contribution in [3.05, 3.63) is 23.9 Å². The lowest BCUT2D eigenvalue weighted by atomic mass is 9.98. The van der Waals surface area contributed by atoms with Crippen LogP contribution in [-0.4, -0.2) is 25.6 Å². The van der Waals surface area contributed by atoms with Gasteiger partial charge in [-0.1, -0.05) is 12.5 Å². The average molecular weight is 205 g/mol. The summed E-state index contributed by atoms with van der Waals surface area (Å²) in [4.78, 5) is 6.53. The lowest BCUT2D eigenvalue weighted by Crippen LogP contribution is -2.28. The van der Waals surface area contributed by atoms with Gasteiger partial charge in [0.15, 0.2) is 0 Å². The molecule has 1 aromatic heterocycles. The minimum Gasteiger partial charge on any atom is -0.362 e. The van der Waals surface area contributed by atoms with Gasteiger partial charge >= 0.3 is 0 Å². The second-order valence-electron chi connectivity index (χ2n) is 4.31. The van der Waals surface area contributed by atoms with E-state index < -0.39 is 0 Å². The predicted molar refractivity (Wildman–Crippen MR) is 63.2 cm³/mol.